The molecule has 0 saturated heterocycles. The zero-order valence-electron chi connectivity index (χ0n) is 11.3. The first kappa shape index (κ1) is 15.0. The van der Waals surface area contributed by atoms with E-state index in [9.17, 15) is 0 Å². The number of amidine groups is 1. The van der Waals surface area contributed by atoms with Crippen molar-refractivity contribution in [2.45, 2.75) is 32.1 Å². The van der Waals surface area contributed by atoms with Gasteiger partial charge in [0, 0.05) is 15.3 Å². The van der Waals surface area contributed by atoms with Gasteiger partial charge in [0.15, 0.2) is 5.17 Å². The summed E-state index contributed by atoms with van der Waals surface area (Å²) in [5.74, 6) is 0.641. The Morgan fingerprint density at radius 1 is 1.32 bits per heavy atom. The van der Waals surface area contributed by atoms with Gasteiger partial charge in [-0.2, -0.15) is 0 Å². The summed E-state index contributed by atoms with van der Waals surface area (Å²) >= 11 is 14.0. The number of halogens is 2. The second kappa shape index (κ2) is 6.38. The monoisotopic (exact) mass is 316 g/mol. The van der Waals surface area contributed by atoms with Gasteiger partial charge in [-0.25, -0.2) is 0 Å². The Bertz CT molecular complexity index is 488. The topological polar surface area (TPSA) is 24.4 Å². The second-order valence-corrected chi connectivity index (χ2v) is 7.15. The van der Waals surface area contributed by atoms with Crippen molar-refractivity contribution < 1.29 is 0 Å². The number of nitrogens with one attached hydrogen (secondary N) is 1. The number of hydrogen-bond donors (Lipinski definition) is 1. The standard InChI is InChI=1S/C14H18Cl2N2S/c1-8(2)13-7-17-14(19-13)18-9(3)11-5-4-10(15)6-12(11)16/h4-6,8-9,13H,7H2,1-3H3,(H,17,18). The third kappa shape index (κ3) is 3.80. The summed E-state index contributed by atoms with van der Waals surface area (Å²) in [6, 6.07) is 5.73. The molecule has 1 heterocycles. The fraction of sp³-hybridized carbons (Fsp3) is 0.500. The molecule has 1 aliphatic heterocycles. The molecule has 0 bridgehead atoms. The van der Waals surface area contributed by atoms with E-state index in [4.69, 9.17) is 23.2 Å². The third-order valence-corrected chi connectivity index (χ3v) is 5.22. The van der Waals surface area contributed by atoms with E-state index in [1.807, 2.05) is 23.9 Å². The minimum Gasteiger partial charge on any atom is -0.358 e. The highest BCUT2D eigenvalue weighted by Crippen LogP contribution is 2.30. The maximum absolute atomic E-state index is 6.22. The Morgan fingerprint density at radius 3 is 2.63 bits per heavy atom. The van der Waals surface area contributed by atoms with Crippen molar-refractivity contribution in [1.29, 1.82) is 0 Å². The zero-order chi connectivity index (χ0) is 14.0. The number of rotatable bonds is 3. The predicted molar refractivity (Wildman–Crippen MR) is 86.5 cm³/mol. The fourth-order valence-electron chi connectivity index (χ4n) is 1.93. The van der Waals surface area contributed by atoms with Crippen molar-refractivity contribution in [2.24, 2.45) is 10.9 Å². The van der Waals surface area contributed by atoms with Gasteiger partial charge in [0.25, 0.3) is 0 Å². The van der Waals surface area contributed by atoms with E-state index < -0.39 is 0 Å². The van der Waals surface area contributed by atoms with Gasteiger partial charge in [0.2, 0.25) is 0 Å². The molecule has 0 spiro atoms. The number of hydrogen-bond acceptors (Lipinski definition) is 3. The van der Waals surface area contributed by atoms with Gasteiger partial charge in [-0.3, -0.25) is 4.99 Å². The molecule has 104 valence electrons. The maximum atomic E-state index is 6.22. The summed E-state index contributed by atoms with van der Waals surface area (Å²) in [6.07, 6.45) is 0. The summed E-state index contributed by atoms with van der Waals surface area (Å²) < 4.78 is 0. The zero-order valence-corrected chi connectivity index (χ0v) is 13.6. The summed E-state index contributed by atoms with van der Waals surface area (Å²) in [6.45, 7) is 7.44. The van der Waals surface area contributed by atoms with Crippen LogP contribution in [0.5, 0.6) is 0 Å². The largest absolute Gasteiger partial charge is 0.358 e. The first-order valence-corrected chi connectivity index (χ1v) is 8.03. The third-order valence-electron chi connectivity index (χ3n) is 3.19. The van der Waals surface area contributed by atoms with Crippen molar-refractivity contribution >= 4 is 40.1 Å². The molecule has 0 fully saturated rings. The van der Waals surface area contributed by atoms with Crippen LogP contribution in [0.4, 0.5) is 0 Å². The van der Waals surface area contributed by atoms with Crippen LogP contribution in [0.2, 0.25) is 10.0 Å². The minimum atomic E-state index is 0.127. The van der Waals surface area contributed by atoms with Crippen LogP contribution in [0.25, 0.3) is 0 Å². The van der Waals surface area contributed by atoms with Crippen LogP contribution in [0.1, 0.15) is 32.4 Å². The quantitative estimate of drug-likeness (QED) is 0.868. The van der Waals surface area contributed by atoms with Crippen LogP contribution in [-0.4, -0.2) is 17.0 Å². The molecule has 0 saturated carbocycles. The van der Waals surface area contributed by atoms with Crippen LogP contribution >= 0.6 is 35.0 Å². The molecular weight excluding hydrogens is 299 g/mol. The Labute approximate surface area is 129 Å². The molecule has 1 N–H and O–H groups in total. The summed E-state index contributed by atoms with van der Waals surface area (Å²) in [4.78, 5) is 4.55. The number of aliphatic imine (C=N–C) groups is 1. The molecule has 2 atom stereocenters. The molecule has 0 radical (unpaired) electrons. The smallest absolute Gasteiger partial charge is 0.157 e. The van der Waals surface area contributed by atoms with Crippen molar-refractivity contribution in [2.75, 3.05) is 6.54 Å². The molecule has 0 amide bonds. The lowest BCUT2D eigenvalue weighted by Crippen LogP contribution is -2.24. The Balaban J connectivity index is 2.00. The molecule has 1 aromatic rings. The number of thioether (sulfide) groups is 1. The molecule has 1 aliphatic rings. The lowest BCUT2D eigenvalue weighted by atomic mass is 10.1. The maximum Gasteiger partial charge on any atom is 0.157 e. The van der Waals surface area contributed by atoms with Crippen molar-refractivity contribution in [3.05, 3.63) is 33.8 Å². The van der Waals surface area contributed by atoms with Crippen LogP contribution in [0.15, 0.2) is 23.2 Å². The molecule has 0 aliphatic carbocycles. The number of nitrogens with zero attached hydrogens (tertiary/aromatic N) is 1. The molecule has 19 heavy (non-hydrogen) atoms. The van der Waals surface area contributed by atoms with E-state index in [1.54, 1.807) is 6.07 Å². The van der Waals surface area contributed by atoms with Gasteiger partial charge in [-0.1, -0.05) is 54.9 Å². The van der Waals surface area contributed by atoms with Gasteiger partial charge >= 0.3 is 0 Å². The average molecular weight is 317 g/mol. The van der Waals surface area contributed by atoms with Gasteiger partial charge < -0.3 is 5.32 Å². The number of benzene rings is 1. The molecular formula is C14H18Cl2N2S. The Kier molecular flexibility index (Phi) is 5.04. The summed E-state index contributed by atoms with van der Waals surface area (Å²) in [5.41, 5.74) is 1.04. The van der Waals surface area contributed by atoms with Crippen molar-refractivity contribution in [3.63, 3.8) is 0 Å². The highest BCUT2D eigenvalue weighted by atomic mass is 35.5. The lowest BCUT2D eigenvalue weighted by molar-refractivity contribution is 0.621. The van der Waals surface area contributed by atoms with Gasteiger partial charge in [-0.05, 0) is 30.5 Å². The molecule has 2 rings (SSSR count). The first-order valence-electron chi connectivity index (χ1n) is 6.40. The fourth-order valence-corrected chi connectivity index (χ4v) is 3.61. The van der Waals surface area contributed by atoms with E-state index in [2.05, 4.69) is 31.1 Å². The van der Waals surface area contributed by atoms with E-state index >= 15 is 0 Å². The average Bonchev–Trinajstić information content (AvgIpc) is 2.77. The highest BCUT2D eigenvalue weighted by molar-refractivity contribution is 8.14. The minimum absolute atomic E-state index is 0.127. The van der Waals surface area contributed by atoms with E-state index in [1.165, 1.54) is 0 Å². The van der Waals surface area contributed by atoms with Gasteiger partial charge in [0.1, 0.15) is 0 Å². The van der Waals surface area contributed by atoms with Crippen molar-refractivity contribution in [1.82, 2.24) is 5.32 Å². The Hall–Kier alpha value is -0.380. The summed E-state index contributed by atoms with van der Waals surface area (Å²) in [5, 5.41) is 6.37. The predicted octanol–water partition coefficient (Wildman–Crippen LogP) is 4.77. The molecule has 0 aromatic heterocycles. The Morgan fingerprint density at radius 2 is 2.05 bits per heavy atom. The van der Waals surface area contributed by atoms with Gasteiger partial charge in [-0.15, -0.1) is 0 Å². The highest BCUT2D eigenvalue weighted by Gasteiger charge is 2.23. The van der Waals surface area contributed by atoms with Crippen molar-refractivity contribution in [3.8, 4) is 0 Å². The summed E-state index contributed by atoms with van der Waals surface area (Å²) in [7, 11) is 0. The molecule has 1 aromatic carbocycles. The van der Waals surface area contributed by atoms with E-state index in [-0.39, 0.29) is 6.04 Å². The SMILES string of the molecule is CC(NC1=NCC(C(C)C)S1)c1ccc(Cl)cc1Cl. The van der Waals surface area contributed by atoms with Crippen LogP contribution in [-0.2, 0) is 0 Å². The lowest BCUT2D eigenvalue weighted by Gasteiger charge is -2.18. The van der Waals surface area contributed by atoms with Gasteiger partial charge in [0.05, 0.1) is 12.6 Å². The van der Waals surface area contributed by atoms with Crippen LogP contribution < -0.4 is 5.32 Å². The van der Waals surface area contributed by atoms with E-state index in [0.717, 1.165) is 17.3 Å². The van der Waals surface area contributed by atoms with E-state index in [0.29, 0.717) is 21.2 Å². The second-order valence-electron chi connectivity index (χ2n) is 5.08. The molecule has 2 unspecified atom stereocenters. The molecule has 5 heteroatoms. The van der Waals surface area contributed by atoms with Crippen LogP contribution in [0, 0.1) is 5.92 Å². The first-order chi connectivity index (χ1) is 8.97. The van der Waals surface area contributed by atoms with Crippen LogP contribution in [0.3, 0.4) is 0 Å². The normalized spacial score (nSPS) is 20.5. The molecule has 2 nitrogen and oxygen atoms in total.